The number of rotatable bonds is 8. The Bertz CT molecular complexity index is 986. The second-order valence-corrected chi connectivity index (χ2v) is 5.92. The number of ketones is 1. The van der Waals surface area contributed by atoms with E-state index in [2.05, 4.69) is 5.10 Å². The number of aliphatic hydroxyl groups is 1. The summed E-state index contributed by atoms with van der Waals surface area (Å²) in [6.45, 7) is 0.151. The van der Waals surface area contributed by atoms with Crippen LogP contribution in [0.4, 0.5) is 0 Å². The molecule has 0 aliphatic heterocycles. The van der Waals surface area contributed by atoms with Crippen LogP contribution in [0.2, 0.25) is 0 Å². The fraction of sp³-hybridized carbons (Fsp3) is 0.300. The molecule has 2 aromatic carbocycles. The van der Waals surface area contributed by atoms with Gasteiger partial charge in [-0.25, -0.2) is 0 Å². The normalized spacial score (nSPS) is 10.8. The monoisotopic (exact) mass is 386 g/mol. The summed E-state index contributed by atoms with van der Waals surface area (Å²) >= 11 is 0. The van der Waals surface area contributed by atoms with Gasteiger partial charge in [-0.1, -0.05) is 0 Å². The molecule has 0 spiro atoms. The van der Waals surface area contributed by atoms with Crippen molar-refractivity contribution in [2.24, 2.45) is 0 Å². The zero-order valence-electron chi connectivity index (χ0n) is 16.2. The molecule has 1 aromatic heterocycles. The largest absolute Gasteiger partial charge is 0.497 e. The lowest BCUT2D eigenvalue weighted by Gasteiger charge is -2.13. The van der Waals surface area contributed by atoms with E-state index in [0.29, 0.717) is 39.5 Å². The first-order valence-electron chi connectivity index (χ1n) is 8.58. The Morgan fingerprint density at radius 3 is 2.21 bits per heavy atom. The number of fused-ring (bicyclic) bond motifs is 1. The van der Waals surface area contributed by atoms with Crippen LogP contribution in [0, 0.1) is 0 Å². The van der Waals surface area contributed by atoms with E-state index < -0.39 is 0 Å². The third-order valence-corrected chi connectivity index (χ3v) is 4.41. The number of aromatic nitrogens is 2. The molecule has 0 saturated carbocycles. The maximum Gasteiger partial charge on any atom is 0.214 e. The molecule has 148 valence electrons. The number of nitrogens with zero attached hydrogens (tertiary/aromatic N) is 2. The van der Waals surface area contributed by atoms with E-state index in [1.165, 1.54) is 21.3 Å². The second-order valence-electron chi connectivity index (χ2n) is 5.92. The summed E-state index contributed by atoms with van der Waals surface area (Å²) in [5, 5.41) is 14.4. The predicted molar refractivity (Wildman–Crippen MR) is 103 cm³/mol. The van der Waals surface area contributed by atoms with Crippen LogP contribution in [-0.2, 0) is 6.54 Å². The molecular weight excluding hydrogens is 364 g/mol. The zero-order valence-corrected chi connectivity index (χ0v) is 16.2. The highest BCUT2D eigenvalue weighted by Gasteiger charge is 2.23. The minimum atomic E-state index is -0.300. The minimum absolute atomic E-state index is 0.105. The molecule has 0 fully saturated rings. The quantitative estimate of drug-likeness (QED) is 0.594. The average Bonchev–Trinajstić information content (AvgIpc) is 3.09. The molecule has 0 radical (unpaired) electrons. The second kappa shape index (κ2) is 8.18. The smallest absolute Gasteiger partial charge is 0.214 e. The van der Waals surface area contributed by atoms with E-state index in [4.69, 9.17) is 18.9 Å². The van der Waals surface area contributed by atoms with Gasteiger partial charge in [0.2, 0.25) is 11.5 Å². The molecule has 0 amide bonds. The van der Waals surface area contributed by atoms with Crippen LogP contribution in [0.25, 0.3) is 10.9 Å². The van der Waals surface area contributed by atoms with E-state index in [9.17, 15) is 9.90 Å². The summed E-state index contributed by atoms with van der Waals surface area (Å²) in [5.74, 6) is 1.50. The number of carbonyl (C=O) groups is 1. The van der Waals surface area contributed by atoms with Crippen molar-refractivity contribution in [1.82, 2.24) is 9.78 Å². The van der Waals surface area contributed by atoms with Gasteiger partial charge in [0.15, 0.2) is 11.5 Å². The van der Waals surface area contributed by atoms with Crippen molar-refractivity contribution in [3.63, 3.8) is 0 Å². The summed E-state index contributed by atoms with van der Waals surface area (Å²) in [6.07, 6.45) is 0. The lowest BCUT2D eigenvalue weighted by atomic mass is 10.0. The molecule has 0 bridgehead atoms. The molecule has 8 heteroatoms. The maximum absolute atomic E-state index is 13.2. The lowest BCUT2D eigenvalue weighted by molar-refractivity contribution is 0.103. The molecule has 3 rings (SSSR count). The topological polar surface area (TPSA) is 92.0 Å². The fourth-order valence-electron chi connectivity index (χ4n) is 3.06. The summed E-state index contributed by atoms with van der Waals surface area (Å²) in [5.41, 5.74) is 1.31. The van der Waals surface area contributed by atoms with E-state index >= 15 is 0 Å². The van der Waals surface area contributed by atoms with Crippen LogP contribution in [0.15, 0.2) is 30.3 Å². The molecule has 0 aliphatic carbocycles. The summed E-state index contributed by atoms with van der Waals surface area (Å²) in [7, 11) is 6.04. The maximum atomic E-state index is 13.2. The highest BCUT2D eigenvalue weighted by atomic mass is 16.5. The molecule has 28 heavy (non-hydrogen) atoms. The zero-order chi connectivity index (χ0) is 20.3. The Labute approximate surface area is 162 Å². The number of hydrogen-bond acceptors (Lipinski definition) is 7. The molecule has 8 nitrogen and oxygen atoms in total. The Balaban J connectivity index is 2.16. The summed E-state index contributed by atoms with van der Waals surface area (Å²) < 4.78 is 22.8. The van der Waals surface area contributed by atoms with Gasteiger partial charge in [0, 0.05) is 17.0 Å². The van der Waals surface area contributed by atoms with Crippen molar-refractivity contribution in [2.75, 3.05) is 35.0 Å². The van der Waals surface area contributed by atoms with Crippen LogP contribution in [0.1, 0.15) is 16.1 Å². The van der Waals surface area contributed by atoms with Gasteiger partial charge in [0.05, 0.1) is 47.1 Å². The van der Waals surface area contributed by atoms with Gasteiger partial charge in [-0.05, 0) is 24.3 Å². The molecule has 1 N–H and O–H groups in total. The molecule has 0 saturated heterocycles. The van der Waals surface area contributed by atoms with Crippen molar-refractivity contribution < 1.29 is 28.8 Å². The number of methoxy groups -OCH3 is 4. The average molecular weight is 386 g/mol. The van der Waals surface area contributed by atoms with Crippen LogP contribution in [0.5, 0.6) is 23.0 Å². The molecular formula is C20H22N2O6. The van der Waals surface area contributed by atoms with Crippen LogP contribution in [-0.4, -0.2) is 55.7 Å². The van der Waals surface area contributed by atoms with Crippen molar-refractivity contribution in [2.45, 2.75) is 6.54 Å². The third kappa shape index (κ3) is 3.34. The minimum Gasteiger partial charge on any atom is -0.497 e. The van der Waals surface area contributed by atoms with Crippen molar-refractivity contribution >= 4 is 16.7 Å². The molecule has 1 heterocycles. The van der Waals surface area contributed by atoms with E-state index in [1.54, 1.807) is 42.1 Å². The van der Waals surface area contributed by atoms with Crippen LogP contribution < -0.4 is 18.9 Å². The summed E-state index contributed by atoms with van der Waals surface area (Å²) in [4.78, 5) is 13.2. The van der Waals surface area contributed by atoms with Gasteiger partial charge in [0.25, 0.3) is 0 Å². The highest BCUT2D eigenvalue weighted by Crippen LogP contribution is 2.39. The number of carbonyl (C=O) groups excluding carboxylic acids is 1. The number of benzene rings is 2. The fourth-order valence-corrected chi connectivity index (χ4v) is 3.06. The highest BCUT2D eigenvalue weighted by molar-refractivity contribution is 6.15. The summed E-state index contributed by atoms with van der Waals surface area (Å²) in [6, 6.07) is 8.50. The lowest BCUT2D eigenvalue weighted by Crippen LogP contribution is -2.08. The predicted octanol–water partition coefficient (Wildman–Crippen LogP) is 2.29. The van der Waals surface area contributed by atoms with Crippen molar-refractivity contribution in [1.29, 1.82) is 0 Å². The first kappa shape index (κ1) is 19.5. The molecule has 3 aromatic rings. The van der Waals surface area contributed by atoms with E-state index in [0.717, 1.165) is 0 Å². The van der Waals surface area contributed by atoms with Gasteiger partial charge < -0.3 is 24.1 Å². The van der Waals surface area contributed by atoms with Gasteiger partial charge in [-0.15, -0.1) is 0 Å². The van der Waals surface area contributed by atoms with Crippen molar-refractivity contribution in [3.05, 3.63) is 41.6 Å². The number of aliphatic hydroxyl groups excluding tert-OH is 1. The van der Waals surface area contributed by atoms with Gasteiger partial charge >= 0.3 is 0 Å². The Kier molecular flexibility index (Phi) is 5.70. The van der Waals surface area contributed by atoms with Gasteiger partial charge in [-0.3, -0.25) is 9.48 Å². The Hall–Kier alpha value is -3.26. The molecule has 0 atom stereocenters. The van der Waals surface area contributed by atoms with E-state index in [-0.39, 0.29) is 24.6 Å². The van der Waals surface area contributed by atoms with Gasteiger partial charge in [0.1, 0.15) is 11.4 Å². The van der Waals surface area contributed by atoms with Crippen molar-refractivity contribution in [3.8, 4) is 23.0 Å². The first-order valence-corrected chi connectivity index (χ1v) is 8.58. The first-order chi connectivity index (χ1) is 13.6. The Morgan fingerprint density at radius 1 is 1.00 bits per heavy atom. The van der Waals surface area contributed by atoms with E-state index in [1.807, 2.05) is 0 Å². The third-order valence-electron chi connectivity index (χ3n) is 4.41. The van der Waals surface area contributed by atoms with Crippen LogP contribution in [0.3, 0.4) is 0 Å². The Morgan fingerprint density at radius 2 is 1.68 bits per heavy atom. The molecule has 0 aliphatic rings. The molecule has 0 unspecified atom stereocenters. The number of ether oxygens (including phenoxy) is 4. The SMILES string of the molecule is COc1ccc2c(C(=O)c3cc(OC)c(OC)c(OC)c3)nn(CCO)c2c1. The standard InChI is InChI=1S/C20H22N2O6/c1-25-13-5-6-14-15(11-13)22(7-8-23)21-18(14)19(24)12-9-16(26-2)20(28-4)17(10-12)27-3/h5-6,9-11,23H,7-8H2,1-4H3. The van der Waals surface area contributed by atoms with Crippen LogP contribution >= 0.6 is 0 Å². The number of hydrogen-bond donors (Lipinski definition) is 1. The van der Waals surface area contributed by atoms with Gasteiger partial charge in [-0.2, -0.15) is 5.10 Å².